The lowest BCUT2D eigenvalue weighted by Crippen LogP contribution is -2.24. The summed E-state index contributed by atoms with van der Waals surface area (Å²) in [5, 5.41) is 8.90. The Morgan fingerprint density at radius 1 is 1.79 bits per heavy atom. The number of amides is 1. The van der Waals surface area contributed by atoms with Gasteiger partial charge in [-0.15, -0.1) is 0 Å². The van der Waals surface area contributed by atoms with Gasteiger partial charge in [-0.1, -0.05) is 12.2 Å². The SMILES string of the molecule is C/C=C/CCNC(=O)c1cn[nH]c1N. The molecule has 1 amide bonds. The fraction of sp³-hybridized carbons (Fsp3) is 0.333. The number of hydrogen-bond donors (Lipinski definition) is 3. The molecule has 14 heavy (non-hydrogen) atoms. The fourth-order valence-corrected chi connectivity index (χ4v) is 1.01. The standard InChI is InChI=1S/C9H14N4O/c1-2-3-4-5-11-9(14)7-6-12-13-8(7)10/h2-3,6H,4-5H2,1H3,(H,11,14)(H3,10,12,13)/b3-2+. The molecule has 0 saturated carbocycles. The van der Waals surface area contributed by atoms with Gasteiger partial charge in [0.15, 0.2) is 0 Å². The van der Waals surface area contributed by atoms with Gasteiger partial charge in [-0.25, -0.2) is 0 Å². The van der Waals surface area contributed by atoms with Gasteiger partial charge in [0.05, 0.1) is 6.20 Å². The minimum atomic E-state index is -0.194. The summed E-state index contributed by atoms with van der Waals surface area (Å²) < 4.78 is 0. The predicted octanol–water partition coefficient (Wildman–Crippen LogP) is 0.688. The number of carbonyl (C=O) groups is 1. The fourth-order valence-electron chi connectivity index (χ4n) is 1.01. The highest BCUT2D eigenvalue weighted by Crippen LogP contribution is 2.04. The summed E-state index contributed by atoms with van der Waals surface area (Å²) in [7, 11) is 0. The van der Waals surface area contributed by atoms with Crippen molar-refractivity contribution >= 4 is 11.7 Å². The van der Waals surface area contributed by atoms with Crippen molar-refractivity contribution in [2.24, 2.45) is 0 Å². The number of carbonyl (C=O) groups excluding carboxylic acids is 1. The normalized spacial score (nSPS) is 10.6. The van der Waals surface area contributed by atoms with E-state index in [1.165, 1.54) is 6.20 Å². The molecule has 1 aromatic rings. The molecule has 0 atom stereocenters. The van der Waals surface area contributed by atoms with E-state index >= 15 is 0 Å². The van der Waals surface area contributed by atoms with Crippen LogP contribution in [-0.2, 0) is 0 Å². The first-order chi connectivity index (χ1) is 6.75. The predicted molar refractivity (Wildman–Crippen MR) is 54.8 cm³/mol. The summed E-state index contributed by atoms with van der Waals surface area (Å²) in [4.78, 5) is 11.4. The molecule has 0 aliphatic rings. The quantitative estimate of drug-likeness (QED) is 0.487. The molecular weight excluding hydrogens is 180 g/mol. The van der Waals surface area contributed by atoms with Crippen molar-refractivity contribution in [2.45, 2.75) is 13.3 Å². The third kappa shape index (κ3) is 2.62. The molecule has 1 rings (SSSR count). The Morgan fingerprint density at radius 2 is 2.57 bits per heavy atom. The minimum Gasteiger partial charge on any atom is -0.383 e. The molecule has 5 nitrogen and oxygen atoms in total. The van der Waals surface area contributed by atoms with Crippen molar-refractivity contribution < 1.29 is 4.79 Å². The highest BCUT2D eigenvalue weighted by atomic mass is 16.1. The minimum absolute atomic E-state index is 0.194. The van der Waals surface area contributed by atoms with E-state index in [1.54, 1.807) is 0 Å². The third-order valence-electron chi connectivity index (χ3n) is 1.75. The number of hydrogen-bond acceptors (Lipinski definition) is 3. The molecule has 0 aliphatic carbocycles. The smallest absolute Gasteiger partial charge is 0.256 e. The Kier molecular flexibility index (Phi) is 3.72. The number of nitrogen functional groups attached to an aromatic ring is 1. The molecule has 0 aliphatic heterocycles. The van der Waals surface area contributed by atoms with E-state index in [0.717, 1.165) is 6.42 Å². The summed E-state index contributed by atoms with van der Waals surface area (Å²) in [5.41, 5.74) is 5.87. The number of rotatable bonds is 4. The van der Waals surface area contributed by atoms with Crippen LogP contribution >= 0.6 is 0 Å². The van der Waals surface area contributed by atoms with Gasteiger partial charge in [-0.05, 0) is 13.3 Å². The van der Waals surface area contributed by atoms with Gasteiger partial charge in [0.2, 0.25) is 0 Å². The number of aromatic nitrogens is 2. The Bertz CT molecular complexity index is 329. The number of aromatic amines is 1. The number of allylic oxidation sites excluding steroid dienone is 1. The number of anilines is 1. The van der Waals surface area contributed by atoms with Crippen molar-refractivity contribution in [3.05, 3.63) is 23.9 Å². The topological polar surface area (TPSA) is 83.8 Å². The lowest BCUT2D eigenvalue weighted by molar-refractivity contribution is 0.0955. The second-order valence-electron chi connectivity index (χ2n) is 2.81. The Labute approximate surface area is 82.4 Å². The lowest BCUT2D eigenvalue weighted by Gasteiger charge is -2.01. The van der Waals surface area contributed by atoms with Crippen LogP contribution in [-0.4, -0.2) is 22.6 Å². The van der Waals surface area contributed by atoms with Gasteiger partial charge < -0.3 is 11.1 Å². The maximum Gasteiger partial charge on any atom is 0.256 e. The van der Waals surface area contributed by atoms with Crippen LogP contribution < -0.4 is 11.1 Å². The van der Waals surface area contributed by atoms with Crippen LogP contribution in [0.4, 0.5) is 5.82 Å². The summed E-state index contributed by atoms with van der Waals surface area (Å²) >= 11 is 0. The zero-order valence-electron chi connectivity index (χ0n) is 8.08. The third-order valence-corrected chi connectivity index (χ3v) is 1.75. The zero-order valence-corrected chi connectivity index (χ0v) is 8.08. The molecule has 1 aromatic heterocycles. The van der Waals surface area contributed by atoms with Gasteiger partial charge >= 0.3 is 0 Å². The summed E-state index contributed by atoms with van der Waals surface area (Å²) in [6.45, 7) is 2.55. The largest absolute Gasteiger partial charge is 0.383 e. The molecule has 0 fully saturated rings. The lowest BCUT2D eigenvalue weighted by atomic mass is 10.3. The molecule has 0 saturated heterocycles. The highest BCUT2D eigenvalue weighted by Gasteiger charge is 2.09. The van der Waals surface area contributed by atoms with Crippen LogP contribution in [0.1, 0.15) is 23.7 Å². The molecule has 0 bridgehead atoms. The van der Waals surface area contributed by atoms with E-state index < -0.39 is 0 Å². The second kappa shape index (κ2) is 5.06. The summed E-state index contributed by atoms with van der Waals surface area (Å²) in [5.74, 6) is 0.106. The monoisotopic (exact) mass is 194 g/mol. The first-order valence-electron chi connectivity index (χ1n) is 4.44. The van der Waals surface area contributed by atoms with Crippen LogP contribution in [0.5, 0.6) is 0 Å². The van der Waals surface area contributed by atoms with E-state index in [0.29, 0.717) is 17.9 Å². The number of nitrogens with zero attached hydrogens (tertiary/aromatic N) is 1. The molecule has 0 unspecified atom stereocenters. The second-order valence-corrected chi connectivity index (χ2v) is 2.81. The van der Waals surface area contributed by atoms with Crippen molar-refractivity contribution in [1.82, 2.24) is 15.5 Å². The average molecular weight is 194 g/mol. The van der Waals surface area contributed by atoms with Gasteiger partial charge in [-0.3, -0.25) is 9.89 Å². The molecular formula is C9H14N4O. The van der Waals surface area contributed by atoms with Crippen molar-refractivity contribution in [2.75, 3.05) is 12.3 Å². The first kappa shape index (κ1) is 10.3. The number of H-pyrrole nitrogens is 1. The molecule has 0 spiro atoms. The van der Waals surface area contributed by atoms with Crippen LogP contribution in [0.3, 0.4) is 0 Å². The first-order valence-corrected chi connectivity index (χ1v) is 4.44. The maximum atomic E-state index is 11.4. The Hall–Kier alpha value is -1.78. The van der Waals surface area contributed by atoms with Crippen LogP contribution in [0.2, 0.25) is 0 Å². The van der Waals surface area contributed by atoms with Crippen molar-refractivity contribution in [3.63, 3.8) is 0 Å². The van der Waals surface area contributed by atoms with Gasteiger partial charge in [0.25, 0.3) is 5.91 Å². The van der Waals surface area contributed by atoms with Crippen molar-refractivity contribution in [1.29, 1.82) is 0 Å². The Balaban J connectivity index is 2.40. The van der Waals surface area contributed by atoms with Gasteiger partial charge in [-0.2, -0.15) is 5.10 Å². The van der Waals surface area contributed by atoms with E-state index in [9.17, 15) is 4.79 Å². The molecule has 5 heteroatoms. The van der Waals surface area contributed by atoms with Gasteiger partial charge in [0.1, 0.15) is 11.4 Å². The van der Waals surface area contributed by atoms with E-state index in [4.69, 9.17) is 5.73 Å². The Morgan fingerprint density at radius 3 is 3.14 bits per heavy atom. The zero-order chi connectivity index (χ0) is 10.4. The average Bonchev–Trinajstić information content (AvgIpc) is 2.59. The summed E-state index contributed by atoms with van der Waals surface area (Å²) in [6, 6.07) is 0. The van der Waals surface area contributed by atoms with Crippen molar-refractivity contribution in [3.8, 4) is 0 Å². The van der Waals surface area contributed by atoms with E-state index in [2.05, 4.69) is 15.5 Å². The molecule has 1 heterocycles. The molecule has 0 radical (unpaired) electrons. The van der Waals surface area contributed by atoms with Crippen LogP contribution in [0.15, 0.2) is 18.3 Å². The number of nitrogens with two attached hydrogens (primary N) is 1. The molecule has 76 valence electrons. The molecule has 4 N–H and O–H groups in total. The van der Waals surface area contributed by atoms with Crippen LogP contribution in [0, 0.1) is 0 Å². The van der Waals surface area contributed by atoms with E-state index in [1.807, 2.05) is 19.1 Å². The highest BCUT2D eigenvalue weighted by molar-refractivity contribution is 5.98. The van der Waals surface area contributed by atoms with Gasteiger partial charge in [0, 0.05) is 6.54 Å². The number of nitrogens with one attached hydrogen (secondary N) is 2. The van der Waals surface area contributed by atoms with E-state index in [-0.39, 0.29) is 5.91 Å². The molecule has 0 aromatic carbocycles. The van der Waals surface area contributed by atoms with Crippen LogP contribution in [0.25, 0.3) is 0 Å². The summed E-state index contributed by atoms with van der Waals surface area (Å²) in [6.07, 6.45) is 6.16. The maximum absolute atomic E-state index is 11.4.